The van der Waals surface area contributed by atoms with Crippen molar-refractivity contribution in [3.63, 3.8) is 0 Å². The lowest BCUT2D eigenvalue weighted by Crippen LogP contribution is -2.47. The van der Waals surface area contributed by atoms with Crippen LogP contribution in [0.1, 0.15) is 18.4 Å². The van der Waals surface area contributed by atoms with Crippen molar-refractivity contribution in [2.75, 3.05) is 13.1 Å². The van der Waals surface area contributed by atoms with E-state index in [1.54, 1.807) is 4.68 Å². The highest BCUT2D eigenvalue weighted by molar-refractivity contribution is 5.74. The molecule has 0 unspecified atom stereocenters. The Labute approximate surface area is 188 Å². The van der Waals surface area contributed by atoms with Gasteiger partial charge in [0.25, 0.3) is 5.56 Å². The maximum atomic E-state index is 14.0. The summed E-state index contributed by atoms with van der Waals surface area (Å²) in [6.07, 6.45) is 3.74. The summed E-state index contributed by atoms with van der Waals surface area (Å²) in [5, 5.41) is 15.8. The largest absolute Gasteiger partial charge is 0.388 e. The Morgan fingerprint density at radius 3 is 2.58 bits per heavy atom. The van der Waals surface area contributed by atoms with Crippen molar-refractivity contribution < 1.29 is 13.9 Å². The number of fused-ring (bicyclic) bond motifs is 1. The van der Waals surface area contributed by atoms with Gasteiger partial charge in [-0.05, 0) is 43.2 Å². The van der Waals surface area contributed by atoms with Crippen LogP contribution in [-0.4, -0.2) is 48.0 Å². The summed E-state index contributed by atoms with van der Waals surface area (Å²) in [6, 6.07) is 12.9. The molecule has 3 heterocycles. The lowest BCUT2D eigenvalue weighted by atomic mass is 9.91. The van der Waals surface area contributed by atoms with E-state index in [4.69, 9.17) is 0 Å². The number of piperidine rings is 1. The molecular formula is C24H23F2N5O2. The van der Waals surface area contributed by atoms with Crippen LogP contribution in [0.25, 0.3) is 16.7 Å². The van der Waals surface area contributed by atoms with Gasteiger partial charge in [0.05, 0.1) is 24.0 Å². The monoisotopic (exact) mass is 451 g/mol. The zero-order valence-corrected chi connectivity index (χ0v) is 17.9. The van der Waals surface area contributed by atoms with Crippen LogP contribution in [0.15, 0.2) is 65.8 Å². The van der Waals surface area contributed by atoms with Gasteiger partial charge in [0, 0.05) is 25.2 Å². The molecule has 0 radical (unpaired) electrons. The predicted molar refractivity (Wildman–Crippen MR) is 119 cm³/mol. The molecule has 2 aromatic heterocycles. The van der Waals surface area contributed by atoms with Crippen LogP contribution in [-0.2, 0) is 13.1 Å². The van der Waals surface area contributed by atoms with E-state index in [0.717, 1.165) is 17.8 Å². The van der Waals surface area contributed by atoms with Gasteiger partial charge >= 0.3 is 0 Å². The van der Waals surface area contributed by atoms with Crippen molar-refractivity contribution in [2.45, 2.75) is 31.5 Å². The first-order chi connectivity index (χ1) is 15.9. The number of para-hydroxylation sites is 1. The predicted octanol–water partition coefficient (Wildman–Crippen LogP) is 2.89. The summed E-state index contributed by atoms with van der Waals surface area (Å²) in [6.45, 7) is 1.38. The van der Waals surface area contributed by atoms with E-state index in [1.165, 1.54) is 23.2 Å². The average molecular weight is 451 g/mol. The van der Waals surface area contributed by atoms with Crippen LogP contribution in [0, 0.1) is 11.6 Å². The number of aliphatic hydroxyl groups is 1. The minimum Gasteiger partial charge on any atom is -0.388 e. The Hall–Kier alpha value is -3.43. The van der Waals surface area contributed by atoms with E-state index in [0.29, 0.717) is 42.5 Å². The molecule has 1 N–H and O–H groups in total. The number of likely N-dealkylation sites (tertiary alicyclic amines) is 1. The number of benzene rings is 2. The van der Waals surface area contributed by atoms with Crippen molar-refractivity contribution in [3.05, 3.63) is 88.6 Å². The maximum Gasteiger partial charge on any atom is 0.264 e. The molecule has 1 aliphatic rings. The van der Waals surface area contributed by atoms with Crippen molar-refractivity contribution in [3.8, 4) is 5.69 Å². The van der Waals surface area contributed by atoms with Gasteiger partial charge in [-0.1, -0.05) is 18.2 Å². The van der Waals surface area contributed by atoms with Crippen LogP contribution >= 0.6 is 0 Å². The SMILES string of the molecule is O=c1c2cnn(-c3ccccc3)c2ncn1CC1(O)CCN(Cc2cc(F)ccc2F)CC1. The lowest BCUT2D eigenvalue weighted by molar-refractivity contribution is -0.0366. The summed E-state index contributed by atoms with van der Waals surface area (Å²) in [7, 11) is 0. The molecule has 1 aliphatic heterocycles. The van der Waals surface area contributed by atoms with E-state index < -0.39 is 17.2 Å². The molecule has 0 amide bonds. The minimum atomic E-state index is -1.09. The topological polar surface area (TPSA) is 76.2 Å². The number of aromatic nitrogens is 4. The molecule has 4 aromatic rings. The van der Waals surface area contributed by atoms with E-state index >= 15 is 0 Å². The molecule has 0 saturated carbocycles. The van der Waals surface area contributed by atoms with Gasteiger partial charge in [-0.3, -0.25) is 14.3 Å². The first-order valence-electron chi connectivity index (χ1n) is 10.8. The molecule has 170 valence electrons. The summed E-state index contributed by atoms with van der Waals surface area (Å²) < 4.78 is 30.4. The lowest BCUT2D eigenvalue weighted by Gasteiger charge is -2.38. The summed E-state index contributed by atoms with van der Waals surface area (Å²) >= 11 is 0. The molecule has 1 saturated heterocycles. The third-order valence-corrected chi connectivity index (χ3v) is 6.21. The molecule has 0 atom stereocenters. The molecule has 9 heteroatoms. The molecular weight excluding hydrogens is 428 g/mol. The minimum absolute atomic E-state index is 0.105. The summed E-state index contributed by atoms with van der Waals surface area (Å²) in [5.41, 5.74) is 0.201. The fraction of sp³-hybridized carbons (Fsp3) is 0.292. The van der Waals surface area contributed by atoms with Gasteiger partial charge in [-0.15, -0.1) is 0 Å². The quantitative estimate of drug-likeness (QED) is 0.505. The van der Waals surface area contributed by atoms with Gasteiger partial charge in [0.2, 0.25) is 0 Å². The fourth-order valence-electron chi connectivity index (χ4n) is 4.33. The smallest absolute Gasteiger partial charge is 0.264 e. The van der Waals surface area contributed by atoms with E-state index in [-0.39, 0.29) is 18.6 Å². The molecule has 2 aromatic carbocycles. The third-order valence-electron chi connectivity index (χ3n) is 6.21. The van der Waals surface area contributed by atoms with Crippen LogP contribution in [0.5, 0.6) is 0 Å². The second kappa shape index (κ2) is 8.49. The van der Waals surface area contributed by atoms with Crippen LogP contribution in [0.4, 0.5) is 8.78 Å². The number of hydrogen-bond acceptors (Lipinski definition) is 5. The van der Waals surface area contributed by atoms with E-state index in [2.05, 4.69) is 10.1 Å². The average Bonchev–Trinajstić information content (AvgIpc) is 3.25. The molecule has 7 nitrogen and oxygen atoms in total. The Morgan fingerprint density at radius 1 is 1.06 bits per heavy atom. The standard InChI is InChI=1S/C24H23F2N5O2/c25-18-6-7-21(26)17(12-18)14-29-10-8-24(33,9-11-29)15-30-16-27-22-20(23(30)32)13-28-31(22)19-4-2-1-3-5-19/h1-7,12-13,16,33H,8-11,14-15H2. The van der Waals surface area contributed by atoms with E-state index in [9.17, 15) is 18.7 Å². The van der Waals surface area contributed by atoms with Crippen molar-refractivity contribution >= 4 is 11.0 Å². The highest BCUT2D eigenvalue weighted by Crippen LogP contribution is 2.26. The van der Waals surface area contributed by atoms with Gasteiger partial charge in [0.15, 0.2) is 5.65 Å². The van der Waals surface area contributed by atoms with Crippen LogP contribution in [0.3, 0.4) is 0 Å². The summed E-state index contributed by atoms with van der Waals surface area (Å²) in [5.74, 6) is -0.919. The zero-order chi connectivity index (χ0) is 23.0. The number of halogens is 2. The van der Waals surface area contributed by atoms with Crippen molar-refractivity contribution in [2.24, 2.45) is 0 Å². The van der Waals surface area contributed by atoms with Gasteiger partial charge in [-0.2, -0.15) is 5.10 Å². The van der Waals surface area contributed by atoms with Crippen molar-refractivity contribution in [1.29, 1.82) is 0 Å². The maximum absolute atomic E-state index is 14.0. The normalized spacial score (nSPS) is 16.3. The Bertz CT molecular complexity index is 1340. The van der Waals surface area contributed by atoms with E-state index in [1.807, 2.05) is 35.2 Å². The first-order valence-corrected chi connectivity index (χ1v) is 10.8. The van der Waals surface area contributed by atoms with Gasteiger partial charge < -0.3 is 5.11 Å². The van der Waals surface area contributed by atoms with Crippen LogP contribution in [0.2, 0.25) is 0 Å². The molecule has 33 heavy (non-hydrogen) atoms. The molecule has 0 aliphatic carbocycles. The Morgan fingerprint density at radius 2 is 1.82 bits per heavy atom. The second-order valence-corrected chi connectivity index (χ2v) is 8.54. The molecule has 0 spiro atoms. The number of rotatable bonds is 5. The van der Waals surface area contributed by atoms with Crippen molar-refractivity contribution in [1.82, 2.24) is 24.2 Å². The van der Waals surface area contributed by atoms with Gasteiger partial charge in [0.1, 0.15) is 23.3 Å². The zero-order valence-electron chi connectivity index (χ0n) is 17.9. The Balaban J connectivity index is 1.30. The number of nitrogens with zero attached hydrogens (tertiary/aromatic N) is 5. The van der Waals surface area contributed by atoms with Crippen LogP contribution < -0.4 is 5.56 Å². The number of hydrogen-bond donors (Lipinski definition) is 1. The first kappa shape index (κ1) is 21.4. The molecule has 1 fully saturated rings. The highest BCUT2D eigenvalue weighted by atomic mass is 19.1. The highest BCUT2D eigenvalue weighted by Gasteiger charge is 2.33. The fourth-order valence-corrected chi connectivity index (χ4v) is 4.33. The molecule has 0 bridgehead atoms. The Kier molecular flexibility index (Phi) is 5.51. The third kappa shape index (κ3) is 4.29. The molecule has 5 rings (SSSR count). The van der Waals surface area contributed by atoms with Gasteiger partial charge in [-0.25, -0.2) is 18.4 Å². The second-order valence-electron chi connectivity index (χ2n) is 8.54. The summed E-state index contributed by atoms with van der Waals surface area (Å²) in [4.78, 5) is 19.4.